The molecule has 0 bridgehead atoms. The highest BCUT2D eigenvalue weighted by Crippen LogP contribution is 2.23. The van der Waals surface area contributed by atoms with Gasteiger partial charge < -0.3 is 40.3 Å². The van der Waals surface area contributed by atoms with E-state index >= 15 is 0 Å². The molecule has 0 aromatic heterocycles. The third-order valence-electron chi connectivity index (χ3n) is 15.6. The van der Waals surface area contributed by atoms with Crippen LogP contribution in [0.5, 0.6) is 0 Å². The Hall–Kier alpha value is -2.11. The molecule has 450 valence electrons. The first-order valence-corrected chi connectivity index (χ1v) is 33.0. The number of carbonyl (C=O) groups excluding carboxylic acids is 1. The summed E-state index contributed by atoms with van der Waals surface area (Å²) in [5.74, 6) is -0.183. The second kappa shape index (κ2) is 57.1. The summed E-state index contributed by atoms with van der Waals surface area (Å²) in [6, 6.07) is -0.823. The molecule has 0 spiro atoms. The van der Waals surface area contributed by atoms with Crippen LogP contribution in [0.15, 0.2) is 60.8 Å². The maximum atomic E-state index is 13.1. The van der Waals surface area contributed by atoms with Gasteiger partial charge in [-0.25, -0.2) is 0 Å². The molecule has 1 aliphatic heterocycles. The number of aliphatic hydroxyl groups excluding tert-OH is 5. The largest absolute Gasteiger partial charge is 0.394 e. The van der Waals surface area contributed by atoms with Crippen LogP contribution < -0.4 is 5.32 Å². The van der Waals surface area contributed by atoms with Crippen LogP contribution in [0.2, 0.25) is 0 Å². The Balaban J connectivity index is 2.12. The number of aliphatic hydroxyl groups is 5. The minimum atomic E-state index is -1.57. The third kappa shape index (κ3) is 46.2. The predicted molar refractivity (Wildman–Crippen MR) is 327 cm³/mol. The van der Waals surface area contributed by atoms with Crippen molar-refractivity contribution in [3.05, 3.63) is 60.8 Å². The molecule has 0 saturated carbocycles. The molecule has 7 atom stereocenters. The van der Waals surface area contributed by atoms with Crippen LogP contribution in [0.1, 0.15) is 309 Å². The van der Waals surface area contributed by atoms with Crippen molar-refractivity contribution < 1.29 is 39.8 Å². The molecule has 9 heteroatoms. The fourth-order valence-corrected chi connectivity index (χ4v) is 10.4. The first kappa shape index (κ1) is 72.9. The monoisotopic (exact) mass is 1080 g/mol. The number of hydrogen-bond acceptors (Lipinski definition) is 8. The van der Waals surface area contributed by atoms with Crippen molar-refractivity contribution in [2.45, 2.75) is 352 Å². The first-order valence-electron chi connectivity index (χ1n) is 33.0. The molecule has 1 heterocycles. The highest BCUT2D eigenvalue weighted by atomic mass is 16.7. The summed E-state index contributed by atoms with van der Waals surface area (Å²) < 4.78 is 11.3. The zero-order valence-corrected chi connectivity index (χ0v) is 50.2. The van der Waals surface area contributed by atoms with Gasteiger partial charge in [-0.3, -0.25) is 4.79 Å². The van der Waals surface area contributed by atoms with Crippen molar-refractivity contribution in [3.63, 3.8) is 0 Å². The molecule has 0 aliphatic carbocycles. The Morgan fingerprint density at radius 3 is 1.18 bits per heavy atom. The van der Waals surface area contributed by atoms with E-state index in [1.165, 1.54) is 238 Å². The molecule has 0 radical (unpaired) electrons. The minimum absolute atomic E-state index is 0.183. The average molecular weight is 1080 g/mol. The summed E-state index contributed by atoms with van der Waals surface area (Å²) in [5, 5.41) is 54.6. The Morgan fingerprint density at radius 2 is 0.779 bits per heavy atom. The Bertz CT molecular complexity index is 1400. The van der Waals surface area contributed by atoms with Gasteiger partial charge in [0.15, 0.2) is 6.29 Å². The Kier molecular flexibility index (Phi) is 54.1. The van der Waals surface area contributed by atoms with Crippen LogP contribution in [0.3, 0.4) is 0 Å². The summed E-state index contributed by atoms with van der Waals surface area (Å²) in [6.07, 6.45) is 71.7. The highest BCUT2D eigenvalue weighted by molar-refractivity contribution is 5.76. The molecule has 77 heavy (non-hydrogen) atoms. The number of carbonyl (C=O) groups is 1. The van der Waals surface area contributed by atoms with Crippen molar-refractivity contribution in [1.29, 1.82) is 0 Å². The fourth-order valence-electron chi connectivity index (χ4n) is 10.4. The number of ether oxygens (including phenoxy) is 2. The number of hydrogen-bond donors (Lipinski definition) is 6. The van der Waals surface area contributed by atoms with E-state index in [1.807, 2.05) is 6.08 Å². The summed E-state index contributed by atoms with van der Waals surface area (Å²) in [5.41, 5.74) is 0. The molecular weight excluding hydrogens is 959 g/mol. The average Bonchev–Trinajstić information content (AvgIpc) is 3.43. The van der Waals surface area contributed by atoms with Gasteiger partial charge in [-0.1, -0.05) is 293 Å². The summed E-state index contributed by atoms with van der Waals surface area (Å²) >= 11 is 0. The van der Waals surface area contributed by atoms with Crippen LogP contribution in [0.25, 0.3) is 0 Å². The van der Waals surface area contributed by atoms with E-state index in [4.69, 9.17) is 9.47 Å². The topological polar surface area (TPSA) is 149 Å². The summed E-state index contributed by atoms with van der Waals surface area (Å²) in [4.78, 5) is 13.1. The second-order valence-electron chi connectivity index (χ2n) is 22.9. The normalized spacial score (nSPS) is 19.1. The predicted octanol–water partition coefficient (Wildman–Crippen LogP) is 17.4. The fraction of sp³-hybridized carbons (Fsp3) is 0.838. The van der Waals surface area contributed by atoms with Crippen LogP contribution >= 0.6 is 0 Å². The Labute approximate surface area is 475 Å². The third-order valence-corrected chi connectivity index (χ3v) is 15.6. The van der Waals surface area contributed by atoms with Crippen molar-refractivity contribution in [1.82, 2.24) is 5.32 Å². The zero-order valence-electron chi connectivity index (χ0n) is 50.2. The second-order valence-corrected chi connectivity index (χ2v) is 22.9. The lowest BCUT2D eigenvalue weighted by atomic mass is 9.99. The molecular formula is C68H125NO8. The number of allylic oxidation sites excluding steroid dienone is 9. The molecule has 1 fully saturated rings. The quantitative estimate of drug-likeness (QED) is 0.0261. The lowest BCUT2D eigenvalue weighted by Gasteiger charge is -2.40. The molecule has 9 nitrogen and oxygen atoms in total. The first-order chi connectivity index (χ1) is 37.8. The van der Waals surface area contributed by atoms with Gasteiger partial charge in [-0.05, 0) is 70.6 Å². The van der Waals surface area contributed by atoms with Gasteiger partial charge in [0, 0.05) is 6.42 Å². The van der Waals surface area contributed by atoms with Gasteiger partial charge in [-0.2, -0.15) is 0 Å². The standard InChI is InChI=1S/C68H125NO8/c1-3-5-7-9-11-13-15-17-19-21-23-24-25-26-27-28-29-30-31-32-33-34-35-36-37-38-40-42-44-46-48-50-52-54-56-58-64(72)69-61(60-76-68-67(75)66(74)65(73)63(59-70)77-68)62(71)57-55-53-51-49-47-45-43-41-39-22-20-18-16-14-12-10-8-6-4-2/h15,17,21,23,25-26,47,49,55,57,61-63,65-68,70-71,73-75H,3-14,16,18-20,22,24,27-46,48,50-54,56,58-60H2,1-2H3,(H,69,72)/b17-15-,23-21-,26-25-,49-47+,57-55+. The summed E-state index contributed by atoms with van der Waals surface area (Å²) in [7, 11) is 0. The van der Waals surface area contributed by atoms with Gasteiger partial charge in [0.2, 0.25) is 5.91 Å². The molecule has 0 aromatic carbocycles. The smallest absolute Gasteiger partial charge is 0.220 e. The summed E-state index contributed by atoms with van der Waals surface area (Å²) in [6.45, 7) is 3.78. The molecule has 6 N–H and O–H groups in total. The molecule has 7 unspecified atom stereocenters. The van der Waals surface area contributed by atoms with Crippen molar-refractivity contribution in [3.8, 4) is 0 Å². The van der Waals surface area contributed by atoms with E-state index in [0.29, 0.717) is 6.42 Å². The molecule has 1 rings (SSSR count). The maximum Gasteiger partial charge on any atom is 0.220 e. The van der Waals surface area contributed by atoms with E-state index in [0.717, 1.165) is 51.4 Å². The molecule has 1 aliphatic rings. The van der Waals surface area contributed by atoms with E-state index in [1.54, 1.807) is 6.08 Å². The SMILES string of the molecule is CCCCCCC/C=C\C/C=C\C/C=C\CCCCCCCCCCCCCCCCCCCCCCC(=O)NC(COC1OC(CO)C(O)C(O)C1O)C(O)/C=C/CC/C=C/CCCCCCCCCCCCCCC. The van der Waals surface area contributed by atoms with Gasteiger partial charge >= 0.3 is 0 Å². The van der Waals surface area contributed by atoms with E-state index in [9.17, 15) is 30.3 Å². The number of amides is 1. The molecule has 1 amide bonds. The number of rotatable bonds is 57. The maximum absolute atomic E-state index is 13.1. The van der Waals surface area contributed by atoms with E-state index in [2.05, 4.69) is 67.8 Å². The van der Waals surface area contributed by atoms with Crippen LogP contribution in [-0.2, 0) is 14.3 Å². The van der Waals surface area contributed by atoms with Gasteiger partial charge in [-0.15, -0.1) is 0 Å². The van der Waals surface area contributed by atoms with Gasteiger partial charge in [0.05, 0.1) is 25.4 Å². The lowest BCUT2D eigenvalue weighted by molar-refractivity contribution is -0.302. The van der Waals surface area contributed by atoms with E-state index in [-0.39, 0.29) is 12.5 Å². The van der Waals surface area contributed by atoms with Crippen LogP contribution in [-0.4, -0.2) is 87.5 Å². The van der Waals surface area contributed by atoms with Crippen molar-refractivity contribution >= 4 is 5.91 Å². The van der Waals surface area contributed by atoms with Gasteiger partial charge in [0.1, 0.15) is 24.4 Å². The van der Waals surface area contributed by atoms with Crippen LogP contribution in [0, 0.1) is 0 Å². The number of unbranched alkanes of at least 4 members (excludes halogenated alkanes) is 39. The van der Waals surface area contributed by atoms with Crippen LogP contribution in [0.4, 0.5) is 0 Å². The van der Waals surface area contributed by atoms with Crippen molar-refractivity contribution in [2.75, 3.05) is 13.2 Å². The lowest BCUT2D eigenvalue weighted by Crippen LogP contribution is -2.60. The minimum Gasteiger partial charge on any atom is -0.394 e. The zero-order chi connectivity index (χ0) is 55.8. The highest BCUT2D eigenvalue weighted by Gasteiger charge is 2.44. The molecule has 1 saturated heterocycles. The van der Waals surface area contributed by atoms with Gasteiger partial charge in [0.25, 0.3) is 0 Å². The van der Waals surface area contributed by atoms with Crippen molar-refractivity contribution in [2.24, 2.45) is 0 Å². The molecule has 0 aromatic rings. The number of nitrogens with one attached hydrogen (secondary N) is 1. The Morgan fingerprint density at radius 1 is 0.442 bits per heavy atom. The van der Waals surface area contributed by atoms with E-state index < -0.39 is 49.5 Å².